The first kappa shape index (κ1) is 23.8. The molecule has 0 fully saturated rings. The molecule has 0 heterocycles. The number of hydrogen-bond donors (Lipinski definition) is 4. The molecule has 0 radical (unpaired) electrons. The Morgan fingerprint density at radius 3 is 2.48 bits per heavy atom. The minimum atomic E-state index is -0.990. The first-order valence-electron chi connectivity index (χ1n) is 9.20. The molecule has 0 bridgehead atoms. The predicted octanol–water partition coefficient (Wildman–Crippen LogP) is 3.47. The second-order valence-corrected chi connectivity index (χ2v) is 6.46. The Bertz CT molecular complexity index is 934. The van der Waals surface area contributed by atoms with Crippen LogP contribution in [0, 0.1) is 11.6 Å². The third kappa shape index (κ3) is 7.68. The zero-order valence-corrected chi connectivity index (χ0v) is 16.6. The zero-order valence-electron chi connectivity index (χ0n) is 16.6. The van der Waals surface area contributed by atoms with Crippen LogP contribution in [0.3, 0.4) is 0 Å². The van der Waals surface area contributed by atoms with Crippen molar-refractivity contribution in [2.45, 2.75) is 19.4 Å². The molecule has 0 spiro atoms. The molecule has 0 saturated carbocycles. The predicted molar refractivity (Wildman–Crippen MR) is 107 cm³/mol. The molecule has 2 amide bonds. The van der Waals surface area contributed by atoms with Crippen LogP contribution in [0.4, 0.5) is 19.3 Å². The second kappa shape index (κ2) is 11.6. The summed E-state index contributed by atoms with van der Waals surface area (Å²) in [7, 11) is 0. The summed E-state index contributed by atoms with van der Waals surface area (Å²) in [6.07, 6.45) is -0.649. The molecule has 0 aromatic heterocycles. The van der Waals surface area contributed by atoms with E-state index < -0.39 is 29.7 Å². The quantitative estimate of drug-likeness (QED) is 0.272. The maximum atomic E-state index is 13.8. The van der Waals surface area contributed by atoms with E-state index in [9.17, 15) is 18.4 Å². The molecular weight excluding hydrogens is 414 g/mol. The number of amides is 2. The highest BCUT2D eigenvalue weighted by Crippen LogP contribution is 2.28. The topological polar surface area (TPSA) is 117 Å². The molecule has 0 aliphatic carbocycles. The van der Waals surface area contributed by atoms with Crippen molar-refractivity contribution in [2.24, 2.45) is 0 Å². The molecule has 31 heavy (non-hydrogen) atoms. The van der Waals surface area contributed by atoms with Crippen LogP contribution in [0.15, 0.2) is 54.1 Å². The van der Waals surface area contributed by atoms with Crippen LogP contribution in [0.25, 0.3) is 0 Å². The summed E-state index contributed by atoms with van der Waals surface area (Å²) < 4.78 is 37.5. The van der Waals surface area contributed by atoms with Gasteiger partial charge in [0.1, 0.15) is 30.1 Å². The van der Waals surface area contributed by atoms with Crippen molar-refractivity contribution >= 4 is 17.7 Å². The van der Waals surface area contributed by atoms with Gasteiger partial charge in [-0.1, -0.05) is 17.7 Å². The summed E-state index contributed by atoms with van der Waals surface area (Å²) >= 11 is 0. The Hall–Kier alpha value is -3.50. The fourth-order valence-corrected chi connectivity index (χ4v) is 2.64. The minimum absolute atomic E-state index is 0.0869. The Labute approximate surface area is 177 Å². The average molecular weight is 436 g/mol. The van der Waals surface area contributed by atoms with Crippen molar-refractivity contribution in [2.75, 3.05) is 18.5 Å². The Morgan fingerprint density at radius 2 is 1.87 bits per heavy atom. The number of benzene rings is 2. The summed E-state index contributed by atoms with van der Waals surface area (Å²) in [5.74, 6) is -2.02. The zero-order chi connectivity index (χ0) is 22.8. The van der Waals surface area contributed by atoms with Gasteiger partial charge in [0.25, 0.3) is 5.91 Å². The lowest BCUT2D eigenvalue weighted by Gasteiger charge is -2.20. The molecule has 4 N–H and O–H groups in total. The third-order valence-electron chi connectivity index (χ3n) is 4.02. The second-order valence-electron chi connectivity index (χ2n) is 6.46. The van der Waals surface area contributed by atoms with Crippen molar-refractivity contribution in [1.29, 1.82) is 0 Å². The van der Waals surface area contributed by atoms with Crippen molar-refractivity contribution in [3.63, 3.8) is 0 Å². The van der Waals surface area contributed by atoms with Gasteiger partial charge in [-0.2, -0.15) is 0 Å². The molecule has 10 heteroatoms. The van der Waals surface area contributed by atoms with Gasteiger partial charge in [-0.15, -0.1) is 0 Å². The Kier molecular flexibility index (Phi) is 8.92. The van der Waals surface area contributed by atoms with E-state index in [2.05, 4.69) is 5.32 Å². The smallest absolute Gasteiger partial charge is 0.412 e. The number of rotatable bonds is 9. The number of hydroxylamine groups is 1. The van der Waals surface area contributed by atoms with Crippen LogP contribution in [-0.4, -0.2) is 35.5 Å². The molecule has 0 saturated heterocycles. The van der Waals surface area contributed by atoms with E-state index in [-0.39, 0.29) is 25.3 Å². The highest BCUT2D eigenvalue weighted by Gasteiger charge is 2.19. The van der Waals surface area contributed by atoms with E-state index in [1.54, 1.807) is 31.2 Å². The summed E-state index contributed by atoms with van der Waals surface area (Å²) in [4.78, 5) is 23.7. The molecule has 0 aliphatic rings. The minimum Gasteiger partial charge on any atom is -0.491 e. The molecule has 8 nitrogen and oxygen atoms in total. The van der Waals surface area contributed by atoms with Crippen molar-refractivity contribution in [3.05, 3.63) is 71.3 Å². The van der Waals surface area contributed by atoms with Gasteiger partial charge < -0.3 is 14.6 Å². The first-order valence-corrected chi connectivity index (χ1v) is 9.20. The number of halogens is 2. The van der Waals surface area contributed by atoms with Gasteiger partial charge in [0.05, 0.1) is 12.3 Å². The normalized spacial score (nSPS) is 12.1. The lowest BCUT2D eigenvalue weighted by atomic mass is 10.0. The van der Waals surface area contributed by atoms with Crippen LogP contribution < -0.4 is 15.5 Å². The number of ether oxygens (including phenoxy) is 2. The van der Waals surface area contributed by atoms with Crippen molar-refractivity contribution < 1.29 is 38.2 Å². The van der Waals surface area contributed by atoms with Crippen molar-refractivity contribution in [1.82, 2.24) is 5.48 Å². The molecule has 0 unspecified atom stereocenters. The fourth-order valence-electron chi connectivity index (χ4n) is 2.64. The molecular formula is C21H22F2N2O6. The first-order chi connectivity index (χ1) is 14.8. The molecule has 0 aliphatic heterocycles. The highest BCUT2D eigenvalue weighted by molar-refractivity contribution is 5.87. The monoisotopic (exact) mass is 436 g/mol. The highest BCUT2D eigenvalue weighted by atomic mass is 19.1. The third-order valence-corrected chi connectivity index (χ3v) is 4.02. The van der Waals surface area contributed by atoms with E-state index in [4.69, 9.17) is 19.8 Å². The molecule has 1 atom stereocenters. The SMILES string of the molecule is C/C(=C\C(=O)NO)C[C@@H](OC(=O)Nc1ccc(F)cc1F)c1ccc(OCCO)cc1. The standard InChI is InChI=1S/C21H22F2N2O6/c1-13(11-20(27)25-29)10-19(14-2-5-16(6-3-14)30-9-8-26)31-21(28)24-18-7-4-15(22)12-17(18)23/h2-7,11-12,19,26,29H,8-10H2,1H3,(H,24,28)(H,25,27)/b13-11+/t19-/m1/s1. The van der Waals surface area contributed by atoms with Gasteiger partial charge in [-0.05, 0) is 36.8 Å². The lowest BCUT2D eigenvalue weighted by Crippen LogP contribution is -2.19. The van der Waals surface area contributed by atoms with Crippen LogP contribution in [0.2, 0.25) is 0 Å². The van der Waals surface area contributed by atoms with Gasteiger partial charge in [0, 0.05) is 18.6 Å². The molecule has 166 valence electrons. The number of carbonyl (C=O) groups is 2. The van der Waals surface area contributed by atoms with Crippen LogP contribution in [-0.2, 0) is 9.53 Å². The van der Waals surface area contributed by atoms with Gasteiger partial charge in [0.2, 0.25) is 0 Å². The van der Waals surface area contributed by atoms with E-state index in [0.717, 1.165) is 18.2 Å². The number of hydrogen-bond acceptors (Lipinski definition) is 6. The average Bonchev–Trinajstić information content (AvgIpc) is 2.74. The van der Waals surface area contributed by atoms with Crippen LogP contribution >= 0.6 is 0 Å². The van der Waals surface area contributed by atoms with Crippen molar-refractivity contribution in [3.8, 4) is 5.75 Å². The van der Waals surface area contributed by atoms with Gasteiger partial charge in [0.15, 0.2) is 0 Å². The number of nitrogens with one attached hydrogen (secondary N) is 2. The van der Waals surface area contributed by atoms with E-state index in [1.807, 2.05) is 0 Å². The van der Waals surface area contributed by atoms with Crippen LogP contribution in [0.5, 0.6) is 5.75 Å². The van der Waals surface area contributed by atoms with Crippen LogP contribution in [0.1, 0.15) is 25.0 Å². The summed E-state index contributed by atoms with van der Waals surface area (Å²) in [6, 6.07) is 9.15. The maximum Gasteiger partial charge on any atom is 0.412 e. The summed E-state index contributed by atoms with van der Waals surface area (Å²) in [6.45, 7) is 1.56. The number of anilines is 1. The van der Waals surface area contributed by atoms with E-state index in [0.29, 0.717) is 23.0 Å². The van der Waals surface area contributed by atoms with Gasteiger partial charge in [-0.25, -0.2) is 19.1 Å². The lowest BCUT2D eigenvalue weighted by molar-refractivity contribution is -0.124. The largest absolute Gasteiger partial charge is 0.491 e. The summed E-state index contributed by atoms with van der Waals surface area (Å²) in [5, 5.41) is 19.7. The Morgan fingerprint density at radius 1 is 1.16 bits per heavy atom. The molecule has 2 aromatic carbocycles. The molecule has 2 aromatic rings. The fraction of sp³-hybridized carbons (Fsp3) is 0.238. The number of carbonyl (C=O) groups excluding carboxylic acids is 2. The number of aliphatic hydroxyl groups is 1. The van der Waals surface area contributed by atoms with E-state index >= 15 is 0 Å². The summed E-state index contributed by atoms with van der Waals surface area (Å²) in [5.41, 5.74) is 2.24. The van der Waals surface area contributed by atoms with E-state index in [1.165, 1.54) is 5.48 Å². The van der Waals surface area contributed by atoms with Gasteiger partial charge >= 0.3 is 6.09 Å². The maximum absolute atomic E-state index is 13.8. The van der Waals surface area contributed by atoms with Gasteiger partial charge in [-0.3, -0.25) is 15.3 Å². The Balaban J connectivity index is 2.19. The molecule has 2 rings (SSSR count). The number of aliphatic hydroxyl groups excluding tert-OH is 1.